The van der Waals surface area contributed by atoms with Gasteiger partial charge in [0, 0.05) is 13.1 Å². The quantitative estimate of drug-likeness (QED) is 0.404. The van der Waals surface area contributed by atoms with E-state index in [2.05, 4.69) is 4.98 Å². The van der Waals surface area contributed by atoms with Gasteiger partial charge < -0.3 is 4.90 Å². The van der Waals surface area contributed by atoms with E-state index >= 15 is 0 Å². The van der Waals surface area contributed by atoms with E-state index in [4.69, 9.17) is 0 Å². The van der Waals surface area contributed by atoms with Crippen LogP contribution in [0, 0.1) is 5.82 Å². The number of halogens is 1. The van der Waals surface area contributed by atoms with E-state index in [0.29, 0.717) is 23.7 Å². The zero-order chi connectivity index (χ0) is 21.8. The number of amides is 1. The van der Waals surface area contributed by atoms with E-state index in [-0.39, 0.29) is 11.7 Å². The fourth-order valence-corrected chi connectivity index (χ4v) is 4.55. The Morgan fingerprint density at radius 3 is 2.06 bits per heavy atom. The predicted octanol–water partition coefficient (Wildman–Crippen LogP) is 5.16. The molecule has 0 N–H and O–H groups in total. The van der Waals surface area contributed by atoms with Gasteiger partial charge >= 0.3 is 0 Å². The predicted molar refractivity (Wildman–Crippen MR) is 125 cm³/mol. The summed E-state index contributed by atoms with van der Waals surface area (Å²) in [5.74, 6) is -0.914. The fourth-order valence-electron chi connectivity index (χ4n) is 3.54. The number of hydrogen-bond donors (Lipinski definition) is 0. The summed E-state index contributed by atoms with van der Waals surface area (Å²) in [4.78, 5) is 22.2. The minimum absolute atomic E-state index is 0.0706. The van der Waals surface area contributed by atoms with E-state index in [1.807, 2.05) is 85.7 Å². The molecule has 0 fully saturated rings. The number of para-hydroxylation sites is 1. The van der Waals surface area contributed by atoms with Gasteiger partial charge in [-0.2, -0.15) is 0 Å². The average molecular weight is 434 g/mol. The Kier molecular flexibility index (Phi) is 6.39. The van der Waals surface area contributed by atoms with Crippen LogP contribution in [0.15, 0.2) is 78.9 Å². The second-order valence-corrected chi connectivity index (χ2v) is 8.64. The highest BCUT2D eigenvalue weighted by Gasteiger charge is 2.30. The molecular formula is C25H24FN3OS. The molecule has 3 aromatic carbocycles. The molecule has 6 heteroatoms. The number of benzene rings is 3. The summed E-state index contributed by atoms with van der Waals surface area (Å²) in [5, 5.41) is 0.517. The van der Waals surface area contributed by atoms with Gasteiger partial charge in [-0.3, -0.25) is 9.69 Å². The average Bonchev–Trinajstić information content (AvgIpc) is 3.21. The second-order valence-electron chi connectivity index (χ2n) is 7.63. The normalized spacial score (nSPS) is 11.4. The topological polar surface area (TPSA) is 36.4 Å². The van der Waals surface area contributed by atoms with E-state index < -0.39 is 5.92 Å². The lowest BCUT2D eigenvalue weighted by molar-refractivity contribution is -0.119. The molecule has 0 unspecified atom stereocenters. The SMILES string of the molecule is CN(C)CCN(C(=O)C(c1ccccc1)c1ccccc1)c1nc2c(F)cccc2s1. The van der Waals surface area contributed by atoms with Crippen LogP contribution in [0.5, 0.6) is 0 Å². The van der Waals surface area contributed by atoms with Crippen LogP contribution in [-0.4, -0.2) is 43.0 Å². The van der Waals surface area contributed by atoms with Crippen LogP contribution in [0.4, 0.5) is 9.52 Å². The van der Waals surface area contributed by atoms with Crippen LogP contribution in [0.2, 0.25) is 0 Å². The van der Waals surface area contributed by atoms with Crippen LogP contribution < -0.4 is 4.90 Å². The monoisotopic (exact) mass is 433 g/mol. The highest BCUT2D eigenvalue weighted by atomic mass is 32.1. The van der Waals surface area contributed by atoms with Crippen molar-refractivity contribution in [2.24, 2.45) is 0 Å². The Morgan fingerprint density at radius 1 is 0.903 bits per heavy atom. The summed E-state index contributed by atoms with van der Waals surface area (Å²) in [7, 11) is 3.93. The molecule has 0 aliphatic heterocycles. The van der Waals surface area contributed by atoms with Crippen LogP contribution in [-0.2, 0) is 4.79 Å². The van der Waals surface area contributed by atoms with E-state index in [1.54, 1.807) is 11.0 Å². The molecule has 1 aromatic heterocycles. The van der Waals surface area contributed by atoms with Crippen LogP contribution in [0.3, 0.4) is 0 Å². The number of hydrogen-bond acceptors (Lipinski definition) is 4. The maximum absolute atomic E-state index is 14.3. The molecular weight excluding hydrogens is 409 g/mol. The zero-order valence-corrected chi connectivity index (χ0v) is 18.3. The van der Waals surface area contributed by atoms with E-state index in [1.165, 1.54) is 17.4 Å². The van der Waals surface area contributed by atoms with Crippen LogP contribution in [0.1, 0.15) is 17.0 Å². The number of carbonyl (C=O) groups is 1. The maximum Gasteiger partial charge on any atom is 0.240 e. The van der Waals surface area contributed by atoms with Gasteiger partial charge in [-0.1, -0.05) is 78.1 Å². The summed E-state index contributed by atoms with van der Waals surface area (Å²) in [6.45, 7) is 1.13. The molecule has 0 spiro atoms. The molecule has 4 rings (SSSR count). The van der Waals surface area contributed by atoms with Crippen molar-refractivity contribution in [3.63, 3.8) is 0 Å². The molecule has 0 aliphatic carbocycles. The van der Waals surface area contributed by atoms with E-state index in [9.17, 15) is 9.18 Å². The minimum Gasteiger partial charge on any atom is -0.308 e. The Labute approximate surface area is 185 Å². The third-order valence-corrected chi connectivity index (χ3v) is 6.18. The number of aromatic nitrogens is 1. The number of rotatable bonds is 7. The molecule has 0 radical (unpaired) electrons. The third kappa shape index (κ3) is 4.65. The fraction of sp³-hybridized carbons (Fsp3) is 0.200. The second kappa shape index (κ2) is 9.37. The van der Waals surface area contributed by atoms with Crippen molar-refractivity contribution in [2.45, 2.75) is 5.92 Å². The smallest absolute Gasteiger partial charge is 0.240 e. The van der Waals surface area contributed by atoms with Crippen LogP contribution >= 0.6 is 11.3 Å². The number of thiazole rings is 1. The Morgan fingerprint density at radius 2 is 1.52 bits per heavy atom. The van der Waals surface area contributed by atoms with Crippen molar-refractivity contribution in [1.82, 2.24) is 9.88 Å². The largest absolute Gasteiger partial charge is 0.308 e. The van der Waals surface area contributed by atoms with Crippen LogP contribution in [0.25, 0.3) is 10.2 Å². The molecule has 0 atom stereocenters. The van der Waals surface area contributed by atoms with Crippen molar-refractivity contribution in [2.75, 3.05) is 32.1 Å². The van der Waals surface area contributed by atoms with Gasteiger partial charge in [-0.05, 0) is 37.4 Å². The van der Waals surface area contributed by atoms with E-state index in [0.717, 1.165) is 15.8 Å². The molecule has 0 aliphatic rings. The molecule has 4 aromatic rings. The summed E-state index contributed by atoms with van der Waals surface area (Å²) >= 11 is 1.34. The van der Waals surface area contributed by atoms with Gasteiger partial charge in [-0.15, -0.1) is 0 Å². The lowest BCUT2D eigenvalue weighted by Gasteiger charge is -2.27. The molecule has 158 valence electrons. The Balaban J connectivity index is 1.79. The Bertz CT molecular complexity index is 1120. The van der Waals surface area contributed by atoms with Gasteiger partial charge in [0.1, 0.15) is 11.3 Å². The number of carbonyl (C=O) groups excluding carboxylic acids is 1. The molecule has 31 heavy (non-hydrogen) atoms. The van der Waals surface area contributed by atoms with Gasteiger partial charge in [0.25, 0.3) is 0 Å². The number of nitrogens with zero attached hydrogens (tertiary/aromatic N) is 3. The summed E-state index contributed by atoms with van der Waals surface area (Å²) in [6, 6.07) is 24.4. The zero-order valence-electron chi connectivity index (χ0n) is 17.5. The first-order chi connectivity index (χ1) is 15.0. The third-order valence-electron chi connectivity index (χ3n) is 5.14. The summed E-state index contributed by atoms with van der Waals surface area (Å²) in [5.41, 5.74) is 2.14. The minimum atomic E-state index is -0.471. The first-order valence-electron chi connectivity index (χ1n) is 10.2. The van der Waals surface area contributed by atoms with Gasteiger partial charge in [0.2, 0.25) is 5.91 Å². The van der Waals surface area contributed by atoms with Gasteiger partial charge in [0.15, 0.2) is 5.13 Å². The van der Waals surface area contributed by atoms with Crippen molar-refractivity contribution in [3.8, 4) is 0 Å². The lowest BCUT2D eigenvalue weighted by Crippen LogP contribution is -2.40. The van der Waals surface area contributed by atoms with Crippen molar-refractivity contribution in [1.29, 1.82) is 0 Å². The molecule has 0 saturated carbocycles. The first-order valence-corrected chi connectivity index (χ1v) is 11.0. The molecule has 4 nitrogen and oxygen atoms in total. The molecule has 1 amide bonds. The first kappa shape index (κ1) is 21.2. The highest BCUT2D eigenvalue weighted by molar-refractivity contribution is 7.22. The highest BCUT2D eigenvalue weighted by Crippen LogP contribution is 2.34. The van der Waals surface area contributed by atoms with Crippen molar-refractivity contribution >= 4 is 32.6 Å². The molecule has 1 heterocycles. The van der Waals surface area contributed by atoms with Gasteiger partial charge in [0.05, 0.1) is 10.6 Å². The maximum atomic E-state index is 14.3. The summed E-state index contributed by atoms with van der Waals surface area (Å²) < 4.78 is 15.0. The number of likely N-dealkylation sites (N-methyl/N-ethyl adjacent to an activating group) is 1. The molecule has 0 bridgehead atoms. The Hall–Kier alpha value is -3.09. The molecule has 0 saturated heterocycles. The number of anilines is 1. The van der Waals surface area contributed by atoms with Crippen molar-refractivity contribution < 1.29 is 9.18 Å². The number of fused-ring (bicyclic) bond motifs is 1. The standard InChI is InChI=1S/C25H24FN3OS/c1-28(2)16-17-29(25-27-23-20(26)14-9-15-21(23)31-25)24(30)22(18-10-5-3-6-11-18)19-12-7-4-8-13-19/h3-15,22H,16-17H2,1-2H3. The van der Waals surface area contributed by atoms with Crippen molar-refractivity contribution in [3.05, 3.63) is 95.8 Å². The summed E-state index contributed by atoms with van der Waals surface area (Å²) in [6.07, 6.45) is 0. The van der Waals surface area contributed by atoms with Gasteiger partial charge in [-0.25, -0.2) is 9.37 Å². The lowest BCUT2D eigenvalue weighted by atomic mass is 9.90.